The Morgan fingerprint density at radius 3 is 2.15 bits per heavy atom. The fraction of sp³-hybridized carbons (Fsp3) is 0.667. The van der Waals surface area contributed by atoms with E-state index in [1.165, 1.54) is 44.9 Å². The molecular weight excluding hydrogens is 224 g/mol. The van der Waals surface area contributed by atoms with Crippen LogP contribution in [0.15, 0.2) is 24.3 Å². The van der Waals surface area contributed by atoms with Crippen LogP contribution in [-0.4, -0.2) is 4.83 Å². The standard InChI is InChI=1S/C12H19Br/c13-12-10-8-6-4-2-1-3-5-7-9-11-12/h2,4-5,7,12H,1,3,6,8-11H2. The van der Waals surface area contributed by atoms with Crippen molar-refractivity contribution in [3.63, 3.8) is 0 Å². The van der Waals surface area contributed by atoms with Crippen LogP contribution in [0, 0.1) is 0 Å². The van der Waals surface area contributed by atoms with Crippen LogP contribution in [0.2, 0.25) is 0 Å². The fourth-order valence-corrected chi connectivity index (χ4v) is 2.13. The third-order valence-corrected chi connectivity index (χ3v) is 3.28. The Balaban J connectivity index is 2.29. The van der Waals surface area contributed by atoms with E-state index >= 15 is 0 Å². The first-order valence-corrected chi connectivity index (χ1v) is 6.25. The van der Waals surface area contributed by atoms with Gasteiger partial charge < -0.3 is 0 Å². The van der Waals surface area contributed by atoms with Gasteiger partial charge in [0.05, 0.1) is 0 Å². The lowest BCUT2D eigenvalue weighted by Crippen LogP contribution is -1.96. The van der Waals surface area contributed by atoms with Crippen molar-refractivity contribution in [3.05, 3.63) is 24.3 Å². The minimum absolute atomic E-state index is 0.727. The van der Waals surface area contributed by atoms with Gasteiger partial charge in [0.25, 0.3) is 0 Å². The molecule has 1 unspecified atom stereocenters. The minimum Gasteiger partial charge on any atom is -0.0891 e. The first kappa shape index (κ1) is 11.0. The lowest BCUT2D eigenvalue weighted by atomic mass is 10.1. The Kier molecular flexibility index (Phi) is 6.26. The van der Waals surface area contributed by atoms with Gasteiger partial charge in [0.2, 0.25) is 0 Å². The maximum atomic E-state index is 3.72. The lowest BCUT2D eigenvalue weighted by Gasteiger charge is -2.07. The summed E-state index contributed by atoms with van der Waals surface area (Å²) in [6.07, 6.45) is 18.1. The van der Waals surface area contributed by atoms with Gasteiger partial charge in [-0.1, -0.05) is 40.2 Å². The minimum atomic E-state index is 0.727. The van der Waals surface area contributed by atoms with E-state index in [0.29, 0.717) is 0 Å². The number of rotatable bonds is 0. The van der Waals surface area contributed by atoms with Crippen LogP contribution in [0.4, 0.5) is 0 Å². The summed E-state index contributed by atoms with van der Waals surface area (Å²) in [4.78, 5) is 0.727. The second-order valence-electron chi connectivity index (χ2n) is 3.63. The van der Waals surface area contributed by atoms with Gasteiger partial charge >= 0.3 is 0 Å². The summed E-state index contributed by atoms with van der Waals surface area (Å²) in [6.45, 7) is 0. The second-order valence-corrected chi connectivity index (χ2v) is 4.92. The molecule has 0 heterocycles. The topological polar surface area (TPSA) is 0 Å². The van der Waals surface area contributed by atoms with E-state index < -0.39 is 0 Å². The van der Waals surface area contributed by atoms with Crippen LogP contribution < -0.4 is 0 Å². The monoisotopic (exact) mass is 242 g/mol. The predicted molar refractivity (Wildman–Crippen MR) is 63.3 cm³/mol. The molecule has 0 amide bonds. The molecule has 0 bridgehead atoms. The highest BCUT2D eigenvalue weighted by Crippen LogP contribution is 2.16. The van der Waals surface area contributed by atoms with Crippen molar-refractivity contribution in [1.29, 1.82) is 0 Å². The van der Waals surface area contributed by atoms with Gasteiger partial charge in [-0.25, -0.2) is 0 Å². The second kappa shape index (κ2) is 7.37. The lowest BCUT2D eigenvalue weighted by molar-refractivity contribution is 0.674. The zero-order valence-corrected chi connectivity index (χ0v) is 9.80. The molecule has 0 aromatic rings. The van der Waals surface area contributed by atoms with Gasteiger partial charge in [-0.05, 0) is 44.9 Å². The maximum absolute atomic E-state index is 3.72. The average molecular weight is 243 g/mol. The van der Waals surface area contributed by atoms with E-state index in [9.17, 15) is 0 Å². The molecule has 0 aromatic carbocycles. The maximum Gasteiger partial charge on any atom is 0.0148 e. The molecule has 1 heteroatoms. The van der Waals surface area contributed by atoms with Crippen molar-refractivity contribution in [2.45, 2.75) is 49.8 Å². The van der Waals surface area contributed by atoms with Crippen molar-refractivity contribution in [3.8, 4) is 0 Å². The van der Waals surface area contributed by atoms with E-state index in [1.807, 2.05) is 0 Å². The molecule has 1 aliphatic carbocycles. The van der Waals surface area contributed by atoms with E-state index in [-0.39, 0.29) is 0 Å². The number of hydrogen-bond acceptors (Lipinski definition) is 0. The van der Waals surface area contributed by atoms with Gasteiger partial charge in [-0.3, -0.25) is 0 Å². The van der Waals surface area contributed by atoms with Gasteiger partial charge in [0, 0.05) is 4.83 Å². The zero-order valence-electron chi connectivity index (χ0n) is 8.21. The first-order chi connectivity index (χ1) is 6.39. The molecule has 74 valence electrons. The molecule has 13 heavy (non-hydrogen) atoms. The molecule has 1 atom stereocenters. The summed E-state index contributed by atoms with van der Waals surface area (Å²) in [7, 11) is 0. The smallest absolute Gasteiger partial charge is 0.0148 e. The molecule has 0 aliphatic heterocycles. The van der Waals surface area contributed by atoms with Crippen LogP contribution in [-0.2, 0) is 0 Å². The van der Waals surface area contributed by atoms with Gasteiger partial charge in [0.15, 0.2) is 0 Å². The highest BCUT2D eigenvalue weighted by molar-refractivity contribution is 9.09. The fourth-order valence-electron chi connectivity index (χ4n) is 1.54. The molecule has 0 saturated carbocycles. The summed E-state index contributed by atoms with van der Waals surface area (Å²) in [5, 5.41) is 0. The van der Waals surface area contributed by atoms with Crippen LogP contribution in [0.5, 0.6) is 0 Å². The van der Waals surface area contributed by atoms with E-state index in [4.69, 9.17) is 0 Å². The Labute approximate surface area is 90.2 Å². The number of alkyl halides is 1. The third-order valence-electron chi connectivity index (χ3n) is 2.37. The van der Waals surface area contributed by atoms with Crippen molar-refractivity contribution in [1.82, 2.24) is 0 Å². The number of hydrogen-bond donors (Lipinski definition) is 0. The van der Waals surface area contributed by atoms with E-state index in [0.717, 1.165) is 4.83 Å². The first-order valence-electron chi connectivity index (χ1n) is 5.33. The highest BCUT2D eigenvalue weighted by atomic mass is 79.9. The van der Waals surface area contributed by atoms with Crippen LogP contribution in [0.1, 0.15) is 44.9 Å². The van der Waals surface area contributed by atoms with E-state index in [2.05, 4.69) is 40.2 Å². The SMILES string of the molecule is BrC1CCC=CCCC=CCCC1. The van der Waals surface area contributed by atoms with Crippen LogP contribution >= 0.6 is 15.9 Å². The van der Waals surface area contributed by atoms with Crippen molar-refractivity contribution in [2.24, 2.45) is 0 Å². The van der Waals surface area contributed by atoms with Crippen molar-refractivity contribution < 1.29 is 0 Å². The predicted octanol–water partition coefficient (Wildman–Crippen LogP) is 4.61. The molecule has 0 radical (unpaired) electrons. The molecule has 0 saturated heterocycles. The summed E-state index contributed by atoms with van der Waals surface area (Å²) in [6, 6.07) is 0. The van der Waals surface area contributed by atoms with Crippen LogP contribution in [0.3, 0.4) is 0 Å². The average Bonchev–Trinajstić information content (AvgIpc) is 2.11. The summed E-state index contributed by atoms with van der Waals surface area (Å²) < 4.78 is 0. The summed E-state index contributed by atoms with van der Waals surface area (Å²) in [5.41, 5.74) is 0. The molecule has 1 aliphatic rings. The highest BCUT2D eigenvalue weighted by Gasteiger charge is 2.01. The van der Waals surface area contributed by atoms with Gasteiger partial charge in [0.1, 0.15) is 0 Å². The van der Waals surface area contributed by atoms with Crippen LogP contribution in [0.25, 0.3) is 0 Å². The zero-order chi connectivity index (χ0) is 9.36. The Morgan fingerprint density at radius 2 is 1.38 bits per heavy atom. The Bertz CT molecular complexity index is 170. The van der Waals surface area contributed by atoms with Crippen molar-refractivity contribution >= 4 is 15.9 Å². The Hall–Kier alpha value is -0.0400. The molecule has 0 nitrogen and oxygen atoms in total. The molecule has 0 N–H and O–H groups in total. The quantitative estimate of drug-likeness (QED) is 0.430. The summed E-state index contributed by atoms with van der Waals surface area (Å²) >= 11 is 3.72. The largest absolute Gasteiger partial charge is 0.0891 e. The molecular formula is C12H19Br. The van der Waals surface area contributed by atoms with Gasteiger partial charge in [-0.2, -0.15) is 0 Å². The molecule has 1 rings (SSSR count). The van der Waals surface area contributed by atoms with E-state index in [1.54, 1.807) is 0 Å². The van der Waals surface area contributed by atoms with Gasteiger partial charge in [-0.15, -0.1) is 0 Å². The summed E-state index contributed by atoms with van der Waals surface area (Å²) in [5.74, 6) is 0. The normalized spacial score (nSPS) is 26.4. The molecule has 0 fully saturated rings. The molecule has 0 spiro atoms. The number of halogens is 1. The molecule has 0 aromatic heterocycles. The third kappa shape index (κ3) is 6.09. The number of allylic oxidation sites excluding steroid dienone is 4. The Morgan fingerprint density at radius 1 is 0.769 bits per heavy atom. The van der Waals surface area contributed by atoms with Crippen molar-refractivity contribution in [2.75, 3.05) is 0 Å².